The lowest BCUT2D eigenvalue weighted by Crippen LogP contribution is -2.57. The van der Waals surface area contributed by atoms with Crippen LogP contribution in [0.2, 0.25) is 0 Å². The normalized spacial score (nSPS) is 36.7. The SMILES string of the molecule is CO[C@H]1C[C@H]2C=CC3C4[C@H](O)[C@@H](C)[C@@H](OC(=O)c5ccc[nH]5)[C@@H]3O[C@]42/C(C)=C/[C@@H](C)[C@@H](C(C)OC(=O)C(=O)NCc2ccccc2)OC1=O. The maximum Gasteiger partial charge on any atom is 0.397 e. The second kappa shape index (κ2) is 13.9. The molecule has 2 aromatic rings. The number of benzene rings is 1. The van der Waals surface area contributed by atoms with Crippen LogP contribution in [-0.2, 0) is 44.6 Å². The number of hydrogen-bond acceptors (Lipinski definition) is 10. The highest BCUT2D eigenvalue weighted by Crippen LogP contribution is 2.61. The van der Waals surface area contributed by atoms with Gasteiger partial charge in [-0.25, -0.2) is 14.4 Å². The number of esters is 3. The number of cyclic esters (lactones) is 1. The van der Waals surface area contributed by atoms with E-state index in [2.05, 4.69) is 10.3 Å². The van der Waals surface area contributed by atoms with Gasteiger partial charge in [-0.2, -0.15) is 0 Å². The molecule has 12 heteroatoms. The summed E-state index contributed by atoms with van der Waals surface area (Å²) in [5.41, 5.74) is 0.858. The van der Waals surface area contributed by atoms with E-state index in [1.807, 2.05) is 69.3 Å². The average molecular weight is 677 g/mol. The molecule has 4 bridgehead atoms. The number of aliphatic hydroxyl groups excluding tert-OH is 1. The molecule has 2 aliphatic carbocycles. The van der Waals surface area contributed by atoms with Crippen LogP contribution in [-0.4, -0.2) is 83.2 Å². The number of nitrogens with one attached hydrogen (secondary N) is 2. The minimum absolute atomic E-state index is 0.146. The maximum absolute atomic E-state index is 13.6. The molecule has 3 N–H and O–H groups in total. The molecule has 12 nitrogen and oxygen atoms in total. The summed E-state index contributed by atoms with van der Waals surface area (Å²) in [4.78, 5) is 55.0. The van der Waals surface area contributed by atoms with Gasteiger partial charge < -0.3 is 39.1 Å². The molecule has 3 heterocycles. The number of methoxy groups -OCH3 is 1. The predicted molar refractivity (Wildman–Crippen MR) is 174 cm³/mol. The van der Waals surface area contributed by atoms with Crippen LogP contribution in [0, 0.1) is 29.6 Å². The van der Waals surface area contributed by atoms with Crippen LogP contribution in [0.15, 0.2) is 72.5 Å². The molecule has 1 spiro atoms. The summed E-state index contributed by atoms with van der Waals surface area (Å²) >= 11 is 0. The lowest BCUT2D eigenvalue weighted by molar-refractivity contribution is -0.180. The zero-order valence-corrected chi connectivity index (χ0v) is 28.2. The molecular formula is C37H44N2O10. The molecule has 0 radical (unpaired) electrons. The van der Waals surface area contributed by atoms with Crippen molar-refractivity contribution in [2.75, 3.05) is 7.11 Å². The van der Waals surface area contributed by atoms with Crippen LogP contribution in [0.4, 0.5) is 0 Å². The van der Waals surface area contributed by atoms with Gasteiger partial charge in [0.05, 0.1) is 6.10 Å². The number of ether oxygens (including phenoxy) is 5. The summed E-state index contributed by atoms with van der Waals surface area (Å²) in [6.07, 6.45) is 2.56. The fraction of sp³-hybridized carbons (Fsp3) is 0.514. The van der Waals surface area contributed by atoms with E-state index in [0.717, 1.165) is 11.1 Å². The minimum atomic E-state index is -1.10. The molecule has 262 valence electrons. The predicted octanol–water partition coefficient (Wildman–Crippen LogP) is 3.27. The zero-order chi connectivity index (χ0) is 35.0. The molecule has 4 aliphatic rings. The van der Waals surface area contributed by atoms with Gasteiger partial charge in [0.15, 0.2) is 6.10 Å². The third-order valence-corrected chi connectivity index (χ3v) is 10.7. The number of rotatable bonds is 7. The monoisotopic (exact) mass is 676 g/mol. The summed E-state index contributed by atoms with van der Waals surface area (Å²) in [7, 11) is 1.42. The molecule has 2 aliphatic heterocycles. The van der Waals surface area contributed by atoms with E-state index in [1.54, 1.807) is 25.3 Å². The van der Waals surface area contributed by atoms with E-state index in [9.17, 15) is 24.3 Å². The molecule has 1 aromatic heterocycles. The van der Waals surface area contributed by atoms with E-state index in [0.29, 0.717) is 5.69 Å². The van der Waals surface area contributed by atoms with E-state index >= 15 is 0 Å². The van der Waals surface area contributed by atoms with Crippen molar-refractivity contribution < 1.29 is 48.0 Å². The highest BCUT2D eigenvalue weighted by Gasteiger charge is 2.69. The minimum Gasteiger partial charge on any atom is -0.456 e. The van der Waals surface area contributed by atoms with Crippen molar-refractivity contribution >= 4 is 23.8 Å². The Bertz CT molecular complexity index is 1610. The smallest absolute Gasteiger partial charge is 0.397 e. The number of aromatic amines is 1. The first-order valence-corrected chi connectivity index (χ1v) is 16.8. The number of H-pyrrole nitrogens is 1. The fourth-order valence-corrected chi connectivity index (χ4v) is 8.27. The van der Waals surface area contributed by atoms with Gasteiger partial charge in [0.2, 0.25) is 0 Å². The van der Waals surface area contributed by atoms with Gasteiger partial charge in [0, 0.05) is 49.4 Å². The summed E-state index contributed by atoms with van der Waals surface area (Å²) in [5.74, 6) is -5.22. The van der Waals surface area contributed by atoms with Crippen molar-refractivity contribution in [3.63, 3.8) is 0 Å². The van der Waals surface area contributed by atoms with Gasteiger partial charge in [0.1, 0.15) is 35.7 Å². The van der Waals surface area contributed by atoms with Crippen molar-refractivity contribution in [3.8, 4) is 0 Å². The summed E-state index contributed by atoms with van der Waals surface area (Å²) in [5, 5.41) is 14.5. The summed E-state index contributed by atoms with van der Waals surface area (Å²) in [6, 6.07) is 12.5. The van der Waals surface area contributed by atoms with Crippen LogP contribution in [0.3, 0.4) is 0 Å². The van der Waals surface area contributed by atoms with Crippen molar-refractivity contribution in [2.45, 2.75) is 82.9 Å². The van der Waals surface area contributed by atoms with Crippen LogP contribution < -0.4 is 5.32 Å². The van der Waals surface area contributed by atoms with E-state index in [-0.39, 0.29) is 24.8 Å². The molecule has 1 amide bonds. The van der Waals surface area contributed by atoms with Gasteiger partial charge in [-0.15, -0.1) is 0 Å². The quantitative estimate of drug-likeness (QED) is 0.172. The Labute approximate surface area is 285 Å². The lowest BCUT2D eigenvalue weighted by atomic mass is 9.57. The first kappa shape index (κ1) is 34.6. The first-order chi connectivity index (χ1) is 23.5. The molecule has 12 atom stereocenters. The standard InChI is InChI=1S/C37H44N2O10/c1-19-16-20(2)37-24(13-14-25-28(37)29(40)21(3)31(32(25)49-37)48-34(42)26-12-9-15-38-26)17-27(45-5)35(43)47-30(19)22(4)46-36(44)33(41)39-18-23-10-7-6-8-11-23/h6-16,19,21-22,24-25,27-32,38,40H,17-18H2,1-5H3,(H,39,41)/b20-16+/t19-,21-,22?,24-,25?,27+,28?,29-,30+,31-,32-,37+/m1/s1. The average Bonchev–Trinajstić information content (AvgIpc) is 3.70. The largest absolute Gasteiger partial charge is 0.456 e. The fourth-order valence-electron chi connectivity index (χ4n) is 8.27. The Morgan fingerprint density at radius 2 is 1.88 bits per heavy atom. The first-order valence-electron chi connectivity index (χ1n) is 16.8. The van der Waals surface area contributed by atoms with Gasteiger partial charge in [-0.05, 0) is 43.5 Å². The molecular weight excluding hydrogens is 632 g/mol. The Morgan fingerprint density at radius 1 is 1.12 bits per heavy atom. The van der Waals surface area contributed by atoms with Crippen molar-refractivity contribution in [1.82, 2.24) is 10.3 Å². The Kier molecular flexibility index (Phi) is 9.83. The second-order valence-corrected chi connectivity index (χ2v) is 13.6. The van der Waals surface area contributed by atoms with E-state index < -0.39 is 83.8 Å². The van der Waals surface area contributed by atoms with Gasteiger partial charge in [0.25, 0.3) is 0 Å². The molecule has 6 rings (SSSR count). The van der Waals surface area contributed by atoms with E-state index in [4.69, 9.17) is 23.7 Å². The van der Waals surface area contributed by atoms with Crippen LogP contribution in [0.25, 0.3) is 0 Å². The van der Waals surface area contributed by atoms with Crippen molar-refractivity contribution in [2.24, 2.45) is 29.6 Å². The topological polar surface area (TPSA) is 162 Å². The summed E-state index contributed by atoms with van der Waals surface area (Å²) < 4.78 is 30.2. The van der Waals surface area contributed by atoms with Crippen LogP contribution >= 0.6 is 0 Å². The number of hydrogen-bond donors (Lipinski definition) is 3. The highest BCUT2D eigenvalue weighted by atomic mass is 16.6. The van der Waals surface area contributed by atoms with E-state index in [1.165, 1.54) is 7.11 Å². The molecule has 1 saturated heterocycles. The molecule has 2 fully saturated rings. The Morgan fingerprint density at radius 3 is 2.57 bits per heavy atom. The molecule has 1 aromatic carbocycles. The molecule has 1 saturated carbocycles. The van der Waals surface area contributed by atoms with Crippen molar-refractivity contribution in [3.05, 3.63) is 83.7 Å². The molecule has 3 unspecified atom stereocenters. The Balaban J connectivity index is 1.27. The maximum atomic E-state index is 13.6. The number of aromatic nitrogens is 1. The molecule has 49 heavy (non-hydrogen) atoms. The summed E-state index contributed by atoms with van der Waals surface area (Å²) in [6.45, 7) is 7.32. The van der Waals surface area contributed by atoms with Gasteiger partial charge >= 0.3 is 23.8 Å². The third kappa shape index (κ3) is 6.33. The number of carbonyl (C=O) groups excluding carboxylic acids is 4. The highest BCUT2D eigenvalue weighted by molar-refractivity contribution is 6.32. The van der Waals surface area contributed by atoms with Gasteiger partial charge in [-0.1, -0.05) is 62.4 Å². The number of amides is 1. The third-order valence-electron chi connectivity index (χ3n) is 10.7. The van der Waals surface area contributed by atoms with Crippen LogP contribution in [0.5, 0.6) is 0 Å². The lowest BCUT2D eigenvalue weighted by Gasteiger charge is -2.48. The number of aliphatic hydroxyl groups is 1. The second-order valence-electron chi connectivity index (χ2n) is 13.6. The van der Waals surface area contributed by atoms with Gasteiger partial charge in [-0.3, -0.25) is 4.79 Å². The van der Waals surface area contributed by atoms with Crippen LogP contribution in [0.1, 0.15) is 50.2 Å². The number of carbonyl (C=O) groups is 4. The van der Waals surface area contributed by atoms with Crippen molar-refractivity contribution in [1.29, 1.82) is 0 Å². The Hall–Kier alpha value is -4.26. The zero-order valence-electron chi connectivity index (χ0n) is 28.2.